The number of benzene rings is 2. The Bertz CT molecular complexity index is 646. The van der Waals surface area contributed by atoms with Crippen LogP contribution in [0.4, 0.5) is 8.78 Å². The van der Waals surface area contributed by atoms with E-state index in [2.05, 4.69) is 15.9 Å². The van der Waals surface area contributed by atoms with E-state index in [-0.39, 0.29) is 16.5 Å². The van der Waals surface area contributed by atoms with Crippen LogP contribution in [0.3, 0.4) is 0 Å². The van der Waals surface area contributed by atoms with Crippen molar-refractivity contribution in [3.8, 4) is 0 Å². The first-order valence-corrected chi connectivity index (χ1v) is 7.13. The Labute approximate surface area is 129 Å². The molecule has 2 rings (SSSR count). The molecular weight excluding hydrogens is 350 g/mol. The summed E-state index contributed by atoms with van der Waals surface area (Å²) in [4.78, 5) is 0. The van der Waals surface area contributed by atoms with E-state index in [1.54, 1.807) is 18.2 Å². The smallest absolute Gasteiger partial charge is 0.143 e. The van der Waals surface area contributed by atoms with Crippen LogP contribution in [0.25, 0.3) is 0 Å². The van der Waals surface area contributed by atoms with Crippen molar-refractivity contribution >= 4 is 27.5 Å². The van der Waals surface area contributed by atoms with E-state index >= 15 is 0 Å². The van der Waals surface area contributed by atoms with Gasteiger partial charge in [-0.3, -0.25) is 0 Å². The lowest BCUT2D eigenvalue weighted by molar-refractivity contribution is 0.175. The number of aliphatic hydroxyl groups is 1. The molecule has 0 radical (unpaired) electrons. The van der Waals surface area contributed by atoms with Gasteiger partial charge in [-0.1, -0.05) is 23.7 Å². The maximum atomic E-state index is 13.9. The van der Waals surface area contributed by atoms with Gasteiger partial charge < -0.3 is 5.11 Å². The van der Waals surface area contributed by atoms with Gasteiger partial charge in [0.05, 0.1) is 10.6 Å². The standard InChI is InChI=1S/C15H12BrClF2O/c1-8-2-3-9(6-12(8)17)14(20)7-10-13(18)5-4-11(16)15(10)19/h2-6,14,20H,7H2,1H3. The van der Waals surface area contributed by atoms with E-state index in [1.807, 2.05) is 6.92 Å². The van der Waals surface area contributed by atoms with E-state index in [9.17, 15) is 13.9 Å². The van der Waals surface area contributed by atoms with Crippen LogP contribution in [0.2, 0.25) is 5.02 Å². The van der Waals surface area contributed by atoms with E-state index in [1.165, 1.54) is 6.07 Å². The van der Waals surface area contributed by atoms with E-state index in [4.69, 9.17) is 11.6 Å². The molecule has 1 unspecified atom stereocenters. The van der Waals surface area contributed by atoms with Crippen LogP contribution >= 0.6 is 27.5 Å². The molecule has 0 fully saturated rings. The average molecular weight is 362 g/mol. The second kappa shape index (κ2) is 6.20. The number of rotatable bonds is 3. The molecule has 20 heavy (non-hydrogen) atoms. The summed E-state index contributed by atoms with van der Waals surface area (Å²) in [6.07, 6.45) is -1.18. The fourth-order valence-electron chi connectivity index (χ4n) is 1.88. The Morgan fingerprint density at radius 1 is 1.25 bits per heavy atom. The molecule has 106 valence electrons. The van der Waals surface area contributed by atoms with Gasteiger partial charge in [-0.25, -0.2) is 8.78 Å². The summed E-state index contributed by atoms with van der Waals surface area (Å²) in [6.45, 7) is 1.84. The molecule has 0 aliphatic carbocycles. The van der Waals surface area contributed by atoms with Crippen molar-refractivity contribution in [1.29, 1.82) is 0 Å². The van der Waals surface area contributed by atoms with Gasteiger partial charge in [-0.05, 0) is 52.2 Å². The Hall–Kier alpha value is -0.970. The molecule has 0 saturated carbocycles. The minimum Gasteiger partial charge on any atom is -0.388 e. The zero-order chi connectivity index (χ0) is 14.9. The number of hydrogen-bond donors (Lipinski definition) is 1. The molecule has 5 heteroatoms. The Morgan fingerprint density at radius 2 is 1.95 bits per heavy atom. The van der Waals surface area contributed by atoms with E-state index < -0.39 is 17.7 Å². The van der Waals surface area contributed by atoms with Crippen molar-refractivity contribution in [2.24, 2.45) is 0 Å². The van der Waals surface area contributed by atoms with Crippen molar-refractivity contribution in [3.63, 3.8) is 0 Å². The van der Waals surface area contributed by atoms with Crippen molar-refractivity contribution in [2.45, 2.75) is 19.4 Å². The number of aliphatic hydroxyl groups excluding tert-OH is 1. The second-order valence-electron chi connectivity index (χ2n) is 4.55. The topological polar surface area (TPSA) is 20.2 Å². The summed E-state index contributed by atoms with van der Waals surface area (Å²) in [5.41, 5.74) is 1.25. The van der Waals surface area contributed by atoms with Gasteiger partial charge in [0.2, 0.25) is 0 Å². The lowest BCUT2D eigenvalue weighted by Crippen LogP contribution is -2.06. The highest BCUT2D eigenvalue weighted by Gasteiger charge is 2.18. The Kier molecular flexibility index (Phi) is 4.78. The van der Waals surface area contributed by atoms with E-state index in [0.29, 0.717) is 10.6 Å². The molecule has 0 aromatic heterocycles. The highest BCUT2D eigenvalue weighted by atomic mass is 79.9. The normalized spacial score (nSPS) is 12.5. The molecule has 0 bridgehead atoms. The zero-order valence-corrected chi connectivity index (χ0v) is 13.0. The first kappa shape index (κ1) is 15.4. The van der Waals surface area contributed by atoms with Crippen LogP contribution in [-0.2, 0) is 6.42 Å². The summed E-state index contributed by atoms with van der Waals surface area (Å²) < 4.78 is 27.7. The third-order valence-corrected chi connectivity index (χ3v) is 4.14. The van der Waals surface area contributed by atoms with Crippen molar-refractivity contribution < 1.29 is 13.9 Å². The number of hydrogen-bond acceptors (Lipinski definition) is 1. The molecule has 0 aliphatic heterocycles. The zero-order valence-electron chi connectivity index (χ0n) is 10.6. The molecule has 0 heterocycles. The molecule has 0 aliphatic rings. The quantitative estimate of drug-likeness (QED) is 0.766. The first-order chi connectivity index (χ1) is 9.40. The predicted octanol–water partition coefficient (Wildman–Crippen LogP) is 4.97. The molecule has 0 spiro atoms. The van der Waals surface area contributed by atoms with Gasteiger partial charge in [0.25, 0.3) is 0 Å². The van der Waals surface area contributed by atoms with Gasteiger partial charge in [0.15, 0.2) is 0 Å². The van der Waals surface area contributed by atoms with Gasteiger partial charge in [0, 0.05) is 17.0 Å². The maximum absolute atomic E-state index is 13.9. The lowest BCUT2D eigenvalue weighted by Gasteiger charge is -2.14. The summed E-state index contributed by atoms with van der Waals surface area (Å²) in [5, 5.41) is 10.6. The third-order valence-electron chi connectivity index (χ3n) is 3.12. The van der Waals surface area contributed by atoms with E-state index in [0.717, 1.165) is 11.6 Å². The first-order valence-electron chi connectivity index (χ1n) is 5.96. The Balaban J connectivity index is 2.30. The van der Waals surface area contributed by atoms with Crippen molar-refractivity contribution in [2.75, 3.05) is 0 Å². The average Bonchev–Trinajstić information content (AvgIpc) is 2.42. The molecule has 1 nitrogen and oxygen atoms in total. The predicted molar refractivity (Wildman–Crippen MR) is 78.9 cm³/mol. The maximum Gasteiger partial charge on any atom is 0.143 e. The van der Waals surface area contributed by atoms with Crippen molar-refractivity contribution in [1.82, 2.24) is 0 Å². The largest absolute Gasteiger partial charge is 0.388 e. The summed E-state index contributed by atoms with van der Waals surface area (Å²) >= 11 is 8.99. The van der Waals surface area contributed by atoms with Gasteiger partial charge in [-0.2, -0.15) is 0 Å². The molecule has 2 aromatic rings. The fraction of sp³-hybridized carbons (Fsp3) is 0.200. The second-order valence-corrected chi connectivity index (χ2v) is 5.81. The van der Waals surface area contributed by atoms with Crippen LogP contribution in [0.15, 0.2) is 34.8 Å². The Morgan fingerprint density at radius 3 is 2.60 bits per heavy atom. The highest BCUT2D eigenvalue weighted by molar-refractivity contribution is 9.10. The van der Waals surface area contributed by atoms with Crippen LogP contribution < -0.4 is 0 Å². The van der Waals surface area contributed by atoms with Gasteiger partial charge in [-0.15, -0.1) is 0 Å². The van der Waals surface area contributed by atoms with Gasteiger partial charge >= 0.3 is 0 Å². The molecule has 2 aromatic carbocycles. The summed E-state index contributed by atoms with van der Waals surface area (Å²) in [5.74, 6) is -1.37. The van der Waals surface area contributed by atoms with Crippen LogP contribution in [0.1, 0.15) is 22.8 Å². The fourth-order valence-corrected chi connectivity index (χ4v) is 2.44. The summed E-state index contributed by atoms with van der Waals surface area (Å²) in [7, 11) is 0. The monoisotopic (exact) mass is 360 g/mol. The third kappa shape index (κ3) is 3.19. The minimum atomic E-state index is -1.02. The SMILES string of the molecule is Cc1ccc(C(O)Cc2c(F)ccc(Br)c2F)cc1Cl. The van der Waals surface area contributed by atoms with Crippen LogP contribution in [0, 0.1) is 18.6 Å². The minimum absolute atomic E-state index is 0.149. The molecular formula is C15H12BrClF2O. The van der Waals surface area contributed by atoms with Crippen molar-refractivity contribution in [3.05, 3.63) is 68.2 Å². The lowest BCUT2D eigenvalue weighted by atomic mass is 10.00. The summed E-state index contributed by atoms with van der Waals surface area (Å²) in [6, 6.07) is 7.52. The number of halogens is 4. The molecule has 0 saturated heterocycles. The number of aryl methyl sites for hydroxylation is 1. The van der Waals surface area contributed by atoms with Gasteiger partial charge in [0.1, 0.15) is 11.6 Å². The molecule has 1 N–H and O–H groups in total. The van der Waals surface area contributed by atoms with Crippen LogP contribution in [0.5, 0.6) is 0 Å². The molecule has 1 atom stereocenters. The molecule has 0 amide bonds. The highest BCUT2D eigenvalue weighted by Crippen LogP contribution is 2.28. The van der Waals surface area contributed by atoms with Crippen LogP contribution in [-0.4, -0.2) is 5.11 Å².